The van der Waals surface area contributed by atoms with Gasteiger partial charge in [0, 0.05) is 5.92 Å². The summed E-state index contributed by atoms with van der Waals surface area (Å²) in [6.45, 7) is 2.13. The van der Waals surface area contributed by atoms with Crippen LogP contribution < -0.4 is 0 Å². The van der Waals surface area contributed by atoms with Crippen LogP contribution in [0.5, 0.6) is 0 Å². The van der Waals surface area contributed by atoms with Crippen LogP contribution in [0.2, 0.25) is 0 Å². The first-order valence-corrected chi connectivity index (χ1v) is 5.51. The van der Waals surface area contributed by atoms with Gasteiger partial charge in [-0.3, -0.25) is 4.79 Å². The Morgan fingerprint density at radius 3 is 2.38 bits per heavy atom. The Morgan fingerprint density at radius 2 is 1.69 bits per heavy atom. The number of hydrogen-bond donors (Lipinski definition) is 0. The number of carbonyl (C=O) groups excluding carboxylic acids is 1. The van der Waals surface area contributed by atoms with Crippen molar-refractivity contribution >= 4 is 5.78 Å². The quantitative estimate of drug-likeness (QED) is 0.557. The molecule has 1 saturated carbocycles. The fraction of sp³-hybridized carbons (Fsp3) is 0.750. The first-order valence-electron chi connectivity index (χ1n) is 5.51. The van der Waals surface area contributed by atoms with Crippen LogP contribution in [-0.4, -0.2) is 5.78 Å². The van der Waals surface area contributed by atoms with Crippen molar-refractivity contribution in [3.63, 3.8) is 0 Å². The molecule has 0 radical (unpaired) electrons. The molecule has 72 valence electrons. The van der Waals surface area contributed by atoms with Gasteiger partial charge in [0.05, 0.1) is 0 Å². The molecule has 2 aliphatic rings. The molecule has 0 aromatic carbocycles. The number of ketones is 1. The molecule has 0 spiro atoms. The van der Waals surface area contributed by atoms with Crippen LogP contribution in [0.25, 0.3) is 0 Å². The van der Waals surface area contributed by atoms with Crippen LogP contribution in [0.15, 0.2) is 11.6 Å². The summed E-state index contributed by atoms with van der Waals surface area (Å²) < 4.78 is 0. The summed E-state index contributed by atoms with van der Waals surface area (Å²) in [6, 6.07) is 0. The zero-order valence-electron chi connectivity index (χ0n) is 8.38. The molecule has 0 saturated heterocycles. The Balaban J connectivity index is 2.11. The molecule has 0 aliphatic heterocycles. The van der Waals surface area contributed by atoms with E-state index in [2.05, 4.69) is 6.92 Å². The second-order valence-electron chi connectivity index (χ2n) is 4.50. The summed E-state index contributed by atoms with van der Waals surface area (Å²) in [7, 11) is 0. The van der Waals surface area contributed by atoms with Gasteiger partial charge in [0.15, 0.2) is 5.78 Å². The number of allylic oxidation sites excluding steroid dienone is 2. The molecule has 0 heterocycles. The van der Waals surface area contributed by atoms with Crippen molar-refractivity contribution in [2.75, 3.05) is 0 Å². The molecule has 1 heteroatoms. The first kappa shape index (κ1) is 8.98. The first-order chi connectivity index (χ1) is 6.29. The molecule has 2 rings (SSSR count). The number of rotatable bonds is 0. The van der Waals surface area contributed by atoms with E-state index in [9.17, 15) is 4.79 Å². The average Bonchev–Trinajstić information content (AvgIpc) is 2.25. The minimum Gasteiger partial charge on any atom is -0.295 e. The van der Waals surface area contributed by atoms with Gasteiger partial charge in [-0.25, -0.2) is 0 Å². The van der Waals surface area contributed by atoms with Crippen LogP contribution >= 0.6 is 0 Å². The van der Waals surface area contributed by atoms with Crippen molar-refractivity contribution in [2.24, 2.45) is 11.8 Å². The van der Waals surface area contributed by atoms with Crippen molar-refractivity contribution < 1.29 is 4.79 Å². The van der Waals surface area contributed by atoms with Gasteiger partial charge in [-0.1, -0.05) is 31.3 Å². The normalized spacial score (nSPS) is 34.8. The highest BCUT2D eigenvalue weighted by atomic mass is 16.1. The Bertz CT molecular complexity index is 240. The van der Waals surface area contributed by atoms with Crippen molar-refractivity contribution in [2.45, 2.75) is 45.4 Å². The fourth-order valence-corrected chi connectivity index (χ4v) is 2.81. The van der Waals surface area contributed by atoms with Crippen LogP contribution in [0.3, 0.4) is 0 Å². The Labute approximate surface area is 80.2 Å². The molecule has 2 unspecified atom stereocenters. The van der Waals surface area contributed by atoms with E-state index in [1.54, 1.807) is 0 Å². The summed E-state index contributed by atoms with van der Waals surface area (Å²) in [5.74, 6) is 1.37. The maximum absolute atomic E-state index is 11.6. The molecular weight excluding hydrogens is 160 g/mol. The zero-order valence-corrected chi connectivity index (χ0v) is 8.38. The van der Waals surface area contributed by atoms with E-state index in [0.29, 0.717) is 17.6 Å². The summed E-state index contributed by atoms with van der Waals surface area (Å²) in [4.78, 5) is 11.6. The van der Waals surface area contributed by atoms with Crippen molar-refractivity contribution in [3.05, 3.63) is 11.6 Å². The summed E-state index contributed by atoms with van der Waals surface area (Å²) >= 11 is 0. The van der Waals surface area contributed by atoms with Crippen molar-refractivity contribution in [3.8, 4) is 0 Å². The number of carbonyl (C=O) groups is 1. The van der Waals surface area contributed by atoms with Gasteiger partial charge in [0.2, 0.25) is 0 Å². The Hall–Kier alpha value is -0.590. The predicted octanol–water partition coefficient (Wildman–Crippen LogP) is 3.10. The summed E-state index contributed by atoms with van der Waals surface area (Å²) in [6.07, 6.45) is 9.55. The Morgan fingerprint density at radius 1 is 1.08 bits per heavy atom. The van der Waals surface area contributed by atoms with E-state index in [0.717, 1.165) is 6.42 Å². The summed E-state index contributed by atoms with van der Waals surface area (Å²) in [5, 5.41) is 0. The molecular formula is C12H18O. The molecule has 0 aromatic rings. The highest BCUT2D eigenvalue weighted by Crippen LogP contribution is 2.38. The second kappa shape index (κ2) is 3.65. The minimum absolute atomic E-state index is 0.361. The monoisotopic (exact) mass is 178 g/mol. The molecule has 2 atom stereocenters. The van der Waals surface area contributed by atoms with E-state index >= 15 is 0 Å². The molecule has 1 fully saturated rings. The lowest BCUT2D eigenvalue weighted by atomic mass is 9.81. The molecule has 1 nitrogen and oxygen atoms in total. The van der Waals surface area contributed by atoms with Gasteiger partial charge in [0.25, 0.3) is 0 Å². The maximum Gasteiger partial charge on any atom is 0.159 e. The lowest BCUT2D eigenvalue weighted by molar-refractivity contribution is -0.118. The molecule has 13 heavy (non-hydrogen) atoms. The lowest BCUT2D eigenvalue weighted by Crippen LogP contribution is -2.18. The zero-order chi connectivity index (χ0) is 9.26. The van der Waals surface area contributed by atoms with Crippen LogP contribution in [0.4, 0.5) is 0 Å². The van der Waals surface area contributed by atoms with Gasteiger partial charge in [-0.05, 0) is 31.8 Å². The van der Waals surface area contributed by atoms with Gasteiger partial charge in [-0.15, -0.1) is 0 Å². The van der Waals surface area contributed by atoms with Gasteiger partial charge in [0.1, 0.15) is 0 Å². The number of fused-ring (bicyclic) bond motifs is 1. The van der Waals surface area contributed by atoms with Crippen LogP contribution in [-0.2, 0) is 4.79 Å². The van der Waals surface area contributed by atoms with Gasteiger partial charge < -0.3 is 0 Å². The van der Waals surface area contributed by atoms with Crippen LogP contribution in [0, 0.1) is 11.8 Å². The third-order valence-corrected chi connectivity index (χ3v) is 3.59. The fourth-order valence-electron chi connectivity index (χ4n) is 2.81. The third kappa shape index (κ3) is 1.70. The van der Waals surface area contributed by atoms with E-state index in [1.165, 1.54) is 37.7 Å². The van der Waals surface area contributed by atoms with E-state index in [4.69, 9.17) is 0 Å². The smallest absolute Gasteiger partial charge is 0.159 e. The lowest BCUT2D eigenvalue weighted by Gasteiger charge is -2.22. The van der Waals surface area contributed by atoms with E-state index < -0.39 is 0 Å². The number of hydrogen-bond acceptors (Lipinski definition) is 1. The SMILES string of the molecule is CC1=CC(=O)C2CCCCCCC12. The predicted molar refractivity (Wildman–Crippen MR) is 53.4 cm³/mol. The maximum atomic E-state index is 11.6. The highest BCUT2D eigenvalue weighted by molar-refractivity contribution is 5.95. The molecule has 0 bridgehead atoms. The van der Waals surface area contributed by atoms with Gasteiger partial charge >= 0.3 is 0 Å². The largest absolute Gasteiger partial charge is 0.295 e. The molecule has 0 amide bonds. The topological polar surface area (TPSA) is 17.1 Å². The molecule has 2 aliphatic carbocycles. The highest BCUT2D eigenvalue weighted by Gasteiger charge is 2.33. The minimum atomic E-state index is 0.361. The average molecular weight is 178 g/mol. The molecule has 0 N–H and O–H groups in total. The summed E-state index contributed by atoms with van der Waals surface area (Å²) in [5.41, 5.74) is 1.34. The standard InChI is InChI=1S/C12H18O/c1-9-8-12(13)11-7-5-3-2-4-6-10(9)11/h8,10-11H,2-7H2,1H3. The van der Waals surface area contributed by atoms with Crippen molar-refractivity contribution in [1.29, 1.82) is 0 Å². The van der Waals surface area contributed by atoms with E-state index in [-0.39, 0.29) is 0 Å². The Kier molecular flexibility index (Phi) is 2.52. The van der Waals surface area contributed by atoms with Crippen LogP contribution in [0.1, 0.15) is 45.4 Å². The second-order valence-corrected chi connectivity index (χ2v) is 4.50. The van der Waals surface area contributed by atoms with E-state index in [1.807, 2.05) is 6.08 Å². The van der Waals surface area contributed by atoms with Gasteiger partial charge in [-0.2, -0.15) is 0 Å². The third-order valence-electron chi connectivity index (χ3n) is 3.59. The molecule has 0 aromatic heterocycles. The van der Waals surface area contributed by atoms with Crippen molar-refractivity contribution in [1.82, 2.24) is 0 Å².